The van der Waals surface area contributed by atoms with Gasteiger partial charge in [-0.1, -0.05) is 0 Å². The Kier molecular flexibility index (Phi) is 8.52. The van der Waals surface area contributed by atoms with Crippen LogP contribution < -0.4 is 16.0 Å². The molecule has 166 valence electrons. The van der Waals surface area contributed by atoms with Crippen LogP contribution in [0.1, 0.15) is 40.0 Å². The third-order valence-electron chi connectivity index (χ3n) is 4.33. The Balaban J connectivity index is 1.95. The number of nitrogens with one attached hydrogen (secondary N) is 3. The molecule has 0 spiro atoms. The van der Waals surface area contributed by atoms with E-state index >= 15 is 0 Å². The van der Waals surface area contributed by atoms with Gasteiger partial charge in [0.1, 0.15) is 29.8 Å². The topological polar surface area (TPSA) is 119 Å². The van der Waals surface area contributed by atoms with E-state index in [0.29, 0.717) is 19.6 Å². The standard InChI is InChI=1S/C20H29FN4O5/c1-20(2,3)30-19(28)23-12-17(26)24-15(10-13-6-8-29-9-7-13)18(27)25-16-5-4-14(21)11-22-16/h4-5,11,13,15H,6-10,12H2,1-3H3,(H,23,28)(H,24,26)(H,22,25,27). The van der Waals surface area contributed by atoms with E-state index < -0.39 is 35.4 Å². The highest BCUT2D eigenvalue weighted by Crippen LogP contribution is 2.21. The molecule has 0 radical (unpaired) electrons. The summed E-state index contributed by atoms with van der Waals surface area (Å²) in [5.41, 5.74) is -0.686. The largest absolute Gasteiger partial charge is 0.444 e. The molecular formula is C20H29FN4O5. The van der Waals surface area contributed by atoms with Crippen molar-refractivity contribution in [3.05, 3.63) is 24.1 Å². The van der Waals surface area contributed by atoms with E-state index in [-0.39, 0.29) is 18.3 Å². The molecule has 1 aliphatic rings. The molecule has 1 unspecified atom stereocenters. The molecule has 0 aliphatic carbocycles. The molecule has 0 bridgehead atoms. The first-order valence-electron chi connectivity index (χ1n) is 9.89. The number of aromatic nitrogens is 1. The first-order chi connectivity index (χ1) is 14.1. The molecule has 0 saturated carbocycles. The maximum atomic E-state index is 13.0. The number of rotatable bonds is 7. The Hall–Kier alpha value is -2.75. The van der Waals surface area contributed by atoms with Crippen LogP contribution in [0, 0.1) is 11.7 Å². The van der Waals surface area contributed by atoms with Crippen molar-refractivity contribution >= 4 is 23.7 Å². The number of anilines is 1. The van der Waals surface area contributed by atoms with Crippen molar-refractivity contribution in [2.75, 3.05) is 25.1 Å². The van der Waals surface area contributed by atoms with Crippen molar-refractivity contribution in [2.24, 2.45) is 5.92 Å². The van der Waals surface area contributed by atoms with Crippen molar-refractivity contribution in [2.45, 2.75) is 51.7 Å². The maximum absolute atomic E-state index is 13.0. The molecule has 1 atom stereocenters. The number of pyridine rings is 1. The minimum absolute atomic E-state index is 0.180. The highest BCUT2D eigenvalue weighted by molar-refractivity contribution is 5.97. The molecule has 1 fully saturated rings. The van der Waals surface area contributed by atoms with E-state index in [1.165, 1.54) is 12.1 Å². The fraction of sp³-hybridized carbons (Fsp3) is 0.600. The van der Waals surface area contributed by atoms with E-state index in [9.17, 15) is 18.8 Å². The molecule has 9 nitrogen and oxygen atoms in total. The summed E-state index contributed by atoms with van der Waals surface area (Å²) in [4.78, 5) is 40.6. The third-order valence-corrected chi connectivity index (χ3v) is 4.33. The van der Waals surface area contributed by atoms with Gasteiger partial charge in [-0.3, -0.25) is 9.59 Å². The average Bonchev–Trinajstić information content (AvgIpc) is 2.67. The zero-order valence-electron chi connectivity index (χ0n) is 17.5. The molecule has 2 rings (SSSR count). The molecule has 1 aliphatic heterocycles. The quantitative estimate of drug-likeness (QED) is 0.616. The van der Waals surface area contributed by atoms with E-state index in [1.54, 1.807) is 20.8 Å². The van der Waals surface area contributed by atoms with Gasteiger partial charge in [-0.05, 0) is 58.1 Å². The first kappa shape index (κ1) is 23.5. The molecule has 10 heteroatoms. The molecule has 3 N–H and O–H groups in total. The Bertz CT molecular complexity index is 730. The lowest BCUT2D eigenvalue weighted by atomic mass is 9.92. The van der Waals surface area contributed by atoms with E-state index in [2.05, 4.69) is 20.9 Å². The summed E-state index contributed by atoms with van der Waals surface area (Å²) in [6.45, 7) is 6.01. The molecule has 0 aromatic carbocycles. The van der Waals surface area contributed by atoms with E-state index in [0.717, 1.165) is 19.0 Å². The third kappa shape index (κ3) is 8.73. The van der Waals surface area contributed by atoms with Crippen molar-refractivity contribution < 1.29 is 28.2 Å². The summed E-state index contributed by atoms with van der Waals surface area (Å²) in [5, 5.41) is 7.60. The fourth-order valence-corrected chi connectivity index (χ4v) is 2.92. The van der Waals surface area contributed by atoms with Crippen LogP contribution in [-0.2, 0) is 19.1 Å². The van der Waals surface area contributed by atoms with Crippen LogP contribution in [0.5, 0.6) is 0 Å². The number of hydrogen-bond donors (Lipinski definition) is 3. The average molecular weight is 424 g/mol. The second kappa shape index (κ2) is 10.9. The minimum Gasteiger partial charge on any atom is -0.444 e. The van der Waals surface area contributed by atoms with Gasteiger partial charge in [0, 0.05) is 13.2 Å². The Morgan fingerprint density at radius 3 is 2.57 bits per heavy atom. The summed E-state index contributed by atoms with van der Waals surface area (Å²) < 4.78 is 23.5. The number of carbonyl (C=O) groups excluding carboxylic acids is 3. The number of carbonyl (C=O) groups is 3. The summed E-state index contributed by atoms with van der Waals surface area (Å²) in [5.74, 6) is -1.13. The van der Waals surface area contributed by atoms with Gasteiger partial charge in [0.25, 0.3) is 0 Å². The van der Waals surface area contributed by atoms with Gasteiger partial charge in [-0.2, -0.15) is 0 Å². The van der Waals surface area contributed by atoms with Gasteiger partial charge in [0.2, 0.25) is 11.8 Å². The molecule has 2 heterocycles. The number of ether oxygens (including phenoxy) is 2. The van der Waals surface area contributed by atoms with Crippen LogP contribution >= 0.6 is 0 Å². The van der Waals surface area contributed by atoms with Crippen LogP contribution in [0.3, 0.4) is 0 Å². The summed E-state index contributed by atoms with van der Waals surface area (Å²) in [6, 6.07) is 1.68. The minimum atomic E-state index is -0.840. The predicted octanol–water partition coefficient (Wildman–Crippen LogP) is 1.99. The lowest BCUT2D eigenvalue weighted by molar-refractivity contribution is -0.126. The number of amides is 3. The number of nitrogens with zero attached hydrogens (tertiary/aromatic N) is 1. The zero-order chi connectivity index (χ0) is 22.1. The van der Waals surface area contributed by atoms with Crippen LogP contribution in [0.15, 0.2) is 18.3 Å². The second-order valence-electron chi connectivity index (χ2n) is 8.12. The first-order valence-corrected chi connectivity index (χ1v) is 9.89. The predicted molar refractivity (Wildman–Crippen MR) is 107 cm³/mol. The number of alkyl carbamates (subject to hydrolysis) is 1. The highest BCUT2D eigenvalue weighted by Gasteiger charge is 2.27. The summed E-state index contributed by atoms with van der Waals surface area (Å²) >= 11 is 0. The second-order valence-corrected chi connectivity index (χ2v) is 8.12. The van der Waals surface area contributed by atoms with Gasteiger partial charge >= 0.3 is 6.09 Å². The van der Waals surface area contributed by atoms with Gasteiger partial charge in [0.15, 0.2) is 0 Å². The van der Waals surface area contributed by atoms with E-state index in [1.807, 2.05) is 0 Å². The van der Waals surface area contributed by atoms with Crippen molar-refractivity contribution in [3.63, 3.8) is 0 Å². The lowest BCUT2D eigenvalue weighted by Crippen LogP contribution is -2.49. The van der Waals surface area contributed by atoms with Gasteiger partial charge < -0.3 is 25.4 Å². The van der Waals surface area contributed by atoms with Crippen molar-refractivity contribution in [1.29, 1.82) is 0 Å². The van der Waals surface area contributed by atoms with Crippen molar-refractivity contribution in [3.8, 4) is 0 Å². The van der Waals surface area contributed by atoms with Gasteiger partial charge in [0.05, 0.1) is 6.20 Å². The van der Waals surface area contributed by atoms with Crippen LogP contribution in [0.25, 0.3) is 0 Å². The Labute approximate surface area is 175 Å². The summed E-state index contributed by atoms with van der Waals surface area (Å²) in [6.07, 6.45) is 2.24. The lowest BCUT2D eigenvalue weighted by Gasteiger charge is -2.26. The molecule has 30 heavy (non-hydrogen) atoms. The van der Waals surface area contributed by atoms with Gasteiger partial charge in [-0.15, -0.1) is 0 Å². The maximum Gasteiger partial charge on any atom is 0.408 e. The van der Waals surface area contributed by atoms with E-state index in [4.69, 9.17) is 9.47 Å². The molecule has 3 amide bonds. The molecular weight excluding hydrogens is 395 g/mol. The summed E-state index contributed by atoms with van der Waals surface area (Å²) in [7, 11) is 0. The number of halogens is 1. The van der Waals surface area contributed by atoms with Gasteiger partial charge in [-0.25, -0.2) is 14.2 Å². The monoisotopic (exact) mass is 424 g/mol. The zero-order valence-corrected chi connectivity index (χ0v) is 17.5. The smallest absolute Gasteiger partial charge is 0.408 e. The van der Waals surface area contributed by atoms with Crippen LogP contribution in [-0.4, -0.2) is 54.3 Å². The van der Waals surface area contributed by atoms with Crippen molar-refractivity contribution in [1.82, 2.24) is 15.6 Å². The van der Waals surface area contributed by atoms with Crippen LogP contribution in [0.4, 0.5) is 15.0 Å². The highest BCUT2D eigenvalue weighted by atomic mass is 19.1. The van der Waals surface area contributed by atoms with Crippen LogP contribution in [0.2, 0.25) is 0 Å². The molecule has 1 aromatic rings. The molecule has 1 saturated heterocycles. The molecule has 1 aromatic heterocycles. The Morgan fingerprint density at radius 1 is 1.27 bits per heavy atom. The SMILES string of the molecule is CC(C)(C)OC(=O)NCC(=O)NC(CC1CCOCC1)C(=O)Nc1ccc(F)cn1. The normalized spacial score (nSPS) is 15.7. The Morgan fingerprint density at radius 2 is 1.97 bits per heavy atom. The fourth-order valence-electron chi connectivity index (χ4n) is 2.92. The number of hydrogen-bond acceptors (Lipinski definition) is 6.